The third-order valence-electron chi connectivity index (χ3n) is 1.91. The monoisotopic (exact) mass is 239 g/mol. The molecule has 0 saturated carbocycles. The Bertz CT molecular complexity index is 413. The van der Waals surface area contributed by atoms with E-state index in [1.54, 1.807) is 23.7 Å². The quantitative estimate of drug-likeness (QED) is 0.893. The third-order valence-corrected chi connectivity index (χ3v) is 3.10. The number of nitrogens with one attached hydrogen (secondary N) is 1. The van der Waals surface area contributed by atoms with E-state index in [2.05, 4.69) is 22.2 Å². The van der Waals surface area contributed by atoms with Crippen LogP contribution in [-0.4, -0.2) is 9.97 Å². The standard InChI is InChI=1S/C10H10ClN3S/c1-7(10-12-4-5-15-10)14-9-3-2-8(11)6-13-9/h2-7H,1H3,(H,13,14). The minimum atomic E-state index is 0.165. The molecule has 0 saturated heterocycles. The van der Waals surface area contributed by atoms with Crippen LogP contribution < -0.4 is 5.32 Å². The van der Waals surface area contributed by atoms with E-state index in [1.165, 1.54) is 0 Å². The topological polar surface area (TPSA) is 37.8 Å². The maximum Gasteiger partial charge on any atom is 0.126 e. The molecule has 0 amide bonds. The van der Waals surface area contributed by atoms with Crippen molar-refractivity contribution in [3.63, 3.8) is 0 Å². The van der Waals surface area contributed by atoms with Gasteiger partial charge < -0.3 is 5.32 Å². The molecule has 15 heavy (non-hydrogen) atoms. The summed E-state index contributed by atoms with van der Waals surface area (Å²) in [6.07, 6.45) is 3.42. The Morgan fingerprint density at radius 3 is 2.87 bits per heavy atom. The fraction of sp³-hybridized carbons (Fsp3) is 0.200. The number of halogens is 1. The molecule has 0 aliphatic carbocycles. The van der Waals surface area contributed by atoms with Crippen LogP contribution in [0.4, 0.5) is 5.82 Å². The van der Waals surface area contributed by atoms with Crippen molar-refractivity contribution in [1.82, 2.24) is 9.97 Å². The zero-order valence-electron chi connectivity index (χ0n) is 8.14. The smallest absolute Gasteiger partial charge is 0.126 e. The molecule has 0 spiro atoms. The number of hydrogen-bond donors (Lipinski definition) is 1. The highest BCUT2D eigenvalue weighted by Gasteiger charge is 2.07. The summed E-state index contributed by atoms with van der Waals surface area (Å²) in [5, 5.41) is 6.90. The molecule has 2 aromatic rings. The first-order chi connectivity index (χ1) is 7.25. The summed E-state index contributed by atoms with van der Waals surface area (Å²) in [5.74, 6) is 0.808. The number of hydrogen-bond acceptors (Lipinski definition) is 4. The molecule has 2 aromatic heterocycles. The predicted octanol–water partition coefficient (Wildman–Crippen LogP) is 3.36. The normalized spacial score (nSPS) is 12.4. The highest BCUT2D eigenvalue weighted by Crippen LogP contribution is 2.20. The molecule has 5 heteroatoms. The number of pyridine rings is 1. The zero-order chi connectivity index (χ0) is 10.7. The van der Waals surface area contributed by atoms with Gasteiger partial charge in [0.15, 0.2) is 0 Å². The fourth-order valence-corrected chi connectivity index (χ4v) is 1.95. The van der Waals surface area contributed by atoms with Crippen molar-refractivity contribution < 1.29 is 0 Å². The second-order valence-corrected chi connectivity index (χ2v) is 4.46. The van der Waals surface area contributed by atoms with E-state index in [-0.39, 0.29) is 6.04 Å². The van der Waals surface area contributed by atoms with Gasteiger partial charge in [-0.2, -0.15) is 0 Å². The van der Waals surface area contributed by atoms with E-state index < -0.39 is 0 Å². The van der Waals surface area contributed by atoms with Gasteiger partial charge in [0.25, 0.3) is 0 Å². The molecule has 1 N–H and O–H groups in total. The summed E-state index contributed by atoms with van der Waals surface area (Å²) in [4.78, 5) is 8.39. The molecule has 78 valence electrons. The van der Waals surface area contributed by atoms with Gasteiger partial charge in [-0.15, -0.1) is 11.3 Å². The summed E-state index contributed by atoms with van der Waals surface area (Å²) in [7, 11) is 0. The maximum absolute atomic E-state index is 5.75. The van der Waals surface area contributed by atoms with Crippen LogP contribution in [0.1, 0.15) is 18.0 Å². The van der Waals surface area contributed by atoms with Crippen LogP contribution in [0.15, 0.2) is 29.9 Å². The summed E-state index contributed by atoms with van der Waals surface area (Å²) >= 11 is 7.37. The van der Waals surface area contributed by atoms with Crippen LogP contribution in [0, 0.1) is 0 Å². The van der Waals surface area contributed by atoms with Crippen LogP contribution in [-0.2, 0) is 0 Å². The van der Waals surface area contributed by atoms with Gasteiger partial charge in [0, 0.05) is 17.8 Å². The second kappa shape index (κ2) is 4.59. The van der Waals surface area contributed by atoms with E-state index >= 15 is 0 Å². The van der Waals surface area contributed by atoms with Crippen molar-refractivity contribution in [3.05, 3.63) is 39.9 Å². The van der Waals surface area contributed by atoms with Crippen molar-refractivity contribution in [2.45, 2.75) is 13.0 Å². The Morgan fingerprint density at radius 2 is 2.27 bits per heavy atom. The fourth-order valence-electron chi connectivity index (χ4n) is 1.19. The average Bonchev–Trinajstić information content (AvgIpc) is 2.74. The van der Waals surface area contributed by atoms with Crippen molar-refractivity contribution in [1.29, 1.82) is 0 Å². The Balaban J connectivity index is 2.06. The molecule has 1 atom stereocenters. The van der Waals surface area contributed by atoms with E-state index in [1.807, 2.05) is 17.5 Å². The van der Waals surface area contributed by atoms with Crippen molar-refractivity contribution in [2.75, 3.05) is 5.32 Å². The molecular formula is C10H10ClN3S. The largest absolute Gasteiger partial charge is 0.361 e. The lowest BCUT2D eigenvalue weighted by atomic mass is 10.3. The number of nitrogens with zero attached hydrogens (tertiary/aromatic N) is 2. The molecule has 1 unspecified atom stereocenters. The van der Waals surface area contributed by atoms with Crippen LogP contribution in [0.25, 0.3) is 0 Å². The molecule has 0 aliphatic rings. The number of thiazole rings is 1. The van der Waals surface area contributed by atoms with Crippen molar-refractivity contribution in [2.24, 2.45) is 0 Å². The molecule has 2 heterocycles. The van der Waals surface area contributed by atoms with Crippen LogP contribution in [0.5, 0.6) is 0 Å². The van der Waals surface area contributed by atoms with Gasteiger partial charge in [-0.05, 0) is 19.1 Å². The molecule has 0 fully saturated rings. The SMILES string of the molecule is CC(Nc1ccc(Cl)cn1)c1nccs1. The Labute approximate surface area is 97.2 Å². The maximum atomic E-state index is 5.75. The van der Waals surface area contributed by atoms with Gasteiger partial charge in [0.05, 0.1) is 11.1 Å². The first-order valence-corrected chi connectivity index (χ1v) is 5.79. The summed E-state index contributed by atoms with van der Waals surface area (Å²) in [6.45, 7) is 2.05. The molecule has 0 bridgehead atoms. The predicted molar refractivity (Wildman–Crippen MR) is 63.4 cm³/mol. The molecule has 0 aromatic carbocycles. The van der Waals surface area contributed by atoms with Crippen LogP contribution in [0.3, 0.4) is 0 Å². The Hall–Kier alpha value is -1.13. The van der Waals surface area contributed by atoms with E-state index in [0.717, 1.165) is 10.8 Å². The van der Waals surface area contributed by atoms with Gasteiger partial charge in [-0.3, -0.25) is 0 Å². The summed E-state index contributed by atoms with van der Waals surface area (Å²) < 4.78 is 0. The molecule has 2 rings (SSSR count). The highest BCUT2D eigenvalue weighted by molar-refractivity contribution is 7.09. The van der Waals surface area contributed by atoms with Crippen molar-refractivity contribution >= 4 is 28.8 Å². The van der Waals surface area contributed by atoms with Crippen LogP contribution in [0.2, 0.25) is 5.02 Å². The number of aromatic nitrogens is 2. The third kappa shape index (κ3) is 2.67. The van der Waals surface area contributed by atoms with E-state index in [0.29, 0.717) is 5.02 Å². The molecule has 3 nitrogen and oxygen atoms in total. The van der Waals surface area contributed by atoms with Gasteiger partial charge in [0.1, 0.15) is 10.8 Å². The Morgan fingerprint density at radius 1 is 1.40 bits per heavy atom. The first-order valence-electron chi connectivity index (χ1n) is 4.53. The van der Waals surface area contributed by atoms with Gasteiger partial charge >= 0.3 is 0 Å². The van der Waals surface area contributed by atoms with E-state index in [4.69, 9.17) is 11.6 Å². The number of anilines is 1. The first kappa shape index (κ1) is 10.4. The van der Waals surface area contributed by atoms with E-state index in [9.17, 15) is 0 Å². The van der Waals surface area contributed by atoms with Gasteiger partial charge in [-0.25, -0.2) is 9.97 Å². The summed E-state index contributed by atoms with van der Waals surface area (Å²) in [5.41, 5.74) is 0. The van der Waals surface area contributed by atoms with Gasteiger partial charge in [-0.1, -0.05) is 11.6 Å². The minimum absolute atomic E-state index is 0.165. The minimum Gasteiger partial charge on any atom is -0.361 e. The van der Waals surface area contributed by atoms with Crippen molar-refractivity contribution in [3.8, 4) is 0 Å². The van der Waals surface area contributed by atoms with Crippen LogP contribution >= 0.6 is 22.9 Å². The lowest BCUT2D eigenvalue weighted by molar-refractivity contribution is 0.861. The molecular weight excluding hydrogens is 230 g/mol. The highest BCUT2D eigenvalue weighted by atomic mass is 35.5. The Kier molecular flexibility index (Phi) is 3.18. The zero-order valence-corrected chi connectivity index (χ0v) is 9.72. The summed E-state index contributed by atoms with van der Waals surface area (Å²) in [6, 6.07) is 3.83. The molecule has 0 aliphatic heterocycles. The molecule has 0 radical (unpaired) electrons. The second-order valence-electron chi connectivity index (χ2n) is 3.10. The number of rotatable bonds is 3. The lowest BCUT2D eigenvalue weighted by Crippen LogP contribution is -2.07. The van der Waals surface area contributed by atoms with Gasteiger partial charge in [0.2, 0.25) is 0 Å². The lowest BCUT2D eigenvalue weighted by Gasteiger charge is -2.11. The average molecular weight is 240 g/mol.